The highest BCUT2D eigenvalue weighted by Gasteiger charge is 2.16. The van der Waals surface area contributed by atoms with Gasteiger partial charge in [0.15, 0.2) is 6.10 Å². The van der Waals surface area contributed by atoms with Crippen molar-refractivity contribution < 1.29 is 14.6 Å². The summed E-state index contributed by atoms with van der Waals surface area (Å²) in [4.78, 5) is 11.8. The minimum atomic E-state index is -0.543. The normalized spacial score (nSPS) is 14.1. The molecule has 0 radical (unpaired) electrons. The van der Waals surface area contributed by atoms with Crippen molar-refractivity contribution in [2.24, 2.45) is 0 Å². The van der Waals surface area contributed by atoms with Gasteiger partial charge in [0.1, 0.15) is 5.75 Å². The Hall–Kier alpha value is -1.55. The van der Waals surface area contributed by atoms with Gasteiger partial charge in [0.25, 0.3) is 5.91 Å². The second kappa shape index (κ2) is 6.57. The lowest BCUT2D eigenvalue weighted by molar-refractivity contribution is -0.127. The number of rotatable bonds is 5. The number of aliphatic hydroxyl groups is 1. The molecule has 0 fully saturated rings. The van der Waals surface area contributed by atoms with E-state index in [4.69, 9.17) is 4.74 Å². The number of hydrogen-bond acceptors (Lipinski definition) is 3. The Morgan fingerprint density at radius 2 is 1.89 bits per heavy atom. The van der Waals surface area contributed by atoms with Gasteiger partial charge in [-0.3, -0.25) is 4.79 Å². The van der Waals surface area contributed by atoms with Crippen LogP contribution in [-0.2, 0) is 4.79 Å². The zero-order valence-corrected chi connectivity index (χ0v) is 12.2. The molecule has 0 aromatic heterocycles. The minimum Gasteiger partial charge on any atom is -0.481 e. The van der Waals surface area contributed by atoms with E-state index in [0.29, 0.717) is 5.75 Å². The fraction of sp³-hybridized carbons (Fsp3) is 0.533. The first-order valence-corrected chi connectivity index (χ1v) is 6.57. The van der Waals surface area contributed by atoms with E-state index in [2.05, 4.69) is 5.32 Å². The molecular weight excluding hydrogens is 242 g/mol. The number of aliphatic hydroxyl groups excluding tert-OH is 1. The van der Waals surface area contributed by atoms with Crippen molar-refractivity contribution in [3.63, 3.8) is 0 Å². The molecule has 1 rings (SSSR count). The van der Waals surface area contributed by atoms with Gasteiger partial charge >= 0.3 is 0 Å². The predicted molar refractivity (Wildman–Crippen MR) is 75.2 cm³/mol. The Bertz CT molecular complexity index is 441. The molecule has 1 aromatic carbocycles. The molecule has 0 aliphatic rings. The first-order chi connectivity index (χ1) is 8.81. The van der Waals surface area contributed by atoms with E-state index in [1.165, 1.54) is 0 Å². The van der Waals surface area contributed by atoms with E-state index in [1.807, 2.05) is 26.8 Å². The van der Waals surface area contributed by atoms with E-state index in [1.54, 1.807) is 26.0 Å². The van der Waals surface area contributed by atoms with E-state index in [9.17, 15) is 9.90 Å². The second-order valence-electron chi connectivity index (χ2n) is 5.12. The van der Waals surface area contributed by atoms with E-state index in [-0.39, 0.29) is 11.9 Å². The number of nitrogens with one attached hydrogen (secondary N) is 1. The molecule has 19 heavy (non-hydrogen) atoms. The van der Waals surface area contributed by atoms with Crippen LogP contribution >= 0.6 is 0 Å². The van der Waals surface area contributed by atoms with Gasteiger partial charge in [0.2, 0.25) is 0 Å². The SMILES string of the molecule is Cc1cc([C@@H](C)O)ccc1OC(C)C(=O)NC(C)C. The van der Waals surface area contributed by atoms with Crippen molar-refractivity contribution >= 4 is 5.91 Å². The van der Waals surface area contributed by atoms with E-state index >= 15 is 0 Å². The molecule has 1 aromatic rings. The topological polar surface area (TPSA) is 58.6 Å². The number of benzene rings is 1. The van der Waals surface area contributed by atoms with Gasteiger partial charge in [0.05, 0.1) is 6.10 Å². The molecule has 0 spiro atoms. The van der Waals surface area contributed by atoms with Gasteiger partial charge in [-0.05, 0) is 57.9 Å². The lowest BCUT2D eigenvalue weighted by Crippen LogP contribution is -2.40. The quantitative estimate of drug-likeness (QED) is 0.859. The van der Waals surface area contributed by atoms with Gasteiger partial charge in [0, 0.05) is 6.04 Å². The third-order valence-electron chi connectivity index (χ3n) is 2.79. The fourth-order valence-electron chi connectivity index (χ4n) is 1.71. The molecule has 0 aliphatic heterocycles. The van der Waals surface area contributed by atoms with E-state index < -0.39 is 12.2 Å². The van der Waals surface area contributed by atoms with Crippen LogP contribution in [-0.4, -0.2) is 23.2 Å². The molecule has 4 heteroatoms. The number of carbonyl (C=O) groups is 1. The van der Waals surface area contributed by atoms with Crippen LogP contribution in [0.4, 0.5) is 0 Å². The summed E-state index contributed by atoms with van der Waals surface area (Å²) < 4.78 is 5.65. The Labute approximate surface area is 114 Å². The molecule has 0 aliphatic carbocycles. The average molecular weight is 265 g/mol. The fourth-order valence-corrected chi connectivity index (χ4v) is 1.71. The summed E-state index contributed by atoms with van der Waals surface area (Å²) in [5.41, 5.74) is 1.74. The summed E-state index contributed by atoms with van der Waals surface area (Å²) in [6.07, 6.45) is -1.05. The van der Waals surface area contributed by atoms with Crippen LogP contribution in [0.3, 0.4) is 0 Å². The largest absolute Gasteiger partial charge is 0.481 e. The molecule has 0 bridgehead atoms. The highest BCUT2D eigenvalue weighted by atomic mass is 16.5. The van der Waals surface area contributed by atoms with E-state index in [0.717, 1.165) is 11.1 Å². The first kappa shape index (κ1) is 15.5. The standard InChI is InChI=1S/C15H23NO3/c1-9(2)16-15(18)12(5)19-14-7-6-13(11(4)17)8-10(14)3/h6-9,11-12,17H,1-5H3,(H,16,18)/t11-,12?/m1/s1. The number of amides is 1. The maximum atomic E-state index is 11.8. The van der Waals surface area contributed by atoms with Gasteiger partial charge in [-0.2, -0.15) is 0 Å². The number of ether oxygens (including phenoxy) is 1. The molecule has 0 saturated carbocycles. The summed E-state index contributed by atoms with van der Waals surface area (Å²) >= 11 is 0. The summed E-state index contributed by atoms with van der Waals surface area (Å²) in [7, 11) is 0. The maximum Gasteiger partial charge on any atom is 0.260 e. The minimum absolute atomic E-state index is 0.0947. The van der Waals surface area contributed by atoms with Crippen LogP contribution in [0, 0.1) is 6.92 Å². The second-order valence-corrected chi connectivity index (χ2v) is 5.12. The molecule has 0 saturated heterocycles. The highest BCUT2D eigenvalue weighted by Crippen LogP contribution is 2.23. The van der Waals surface area contributed by atoms with Crippen LogP contribution in [0.5, 0.6) is 5.75 Å². The lowest BCUT2D eigenvalue weighted by Gasteiger charge is -2.18. The summed E-state index contributed by atoms with van der Waals surface area (Å²) in [6.45, 7) is 9.16. The highest BCUT2D eigenvalue weighted by molar-refractivity contribution is 5.80. The van der Waals surface area contributed by atoms with Crippen molar-refractivity contribution in [3.05, 3.63) is 29.3 Å². The smallest absolute Gasteiger partial charge is 0.260 e. The summed E-state index contributed by atoms with van der Waals surface area (Å²) in [5, 5.41) is 12.3. The van der Waals surface area contributed by atoms with Gasteiger partial charge in [-0.25, -0.2) is 0 Å². The van der Waals surface area contributed by atoms with Crippen LogP contribution in [0.2, 0.25) is 0 Å². The van der Waals surface area contributed by atoms with Crippen molar-refractivity contribution in [1.29, 1.82) is 0 Å². The Morgan fingerprint density at radius 1 is 1.26 bits per heavy atom. The Balaban J connectivity index is 2.74. The van der Waals surface area contributed by atoms with Crippen molar-refractivity contribution in [1.82, 2.24) is 5.32 Å². The van der Waals surface area contributed by atoms with Crippen molar-refractivity contribution in [3.8, 4) is 5.75 Å². The third-order valence-corrected chi connectivity index (χ3v) is 2.79. The molecule has 2 atom stereocenters. The van der Waals surface area contributed by atoms with Crippen molar-refractivity contribution in [2.75, 3.05) is 0 Å². The number of carbonyl (C=O) groups excluding carboxylic acids is 1. The Morgan fingerprint density at radius 3 is 2.37 bits per heavy atom. The molecular formula is C15H23NO3. The molecule has 106 valence electrons. The zero-order chi connectivity index (χ0) is 14.6. The molecule has 0 heterocycles. The van der Waals surface area contributed by atoms with Crippen LogP contribution in [0.25, 0.3) is 0 Å². The summed E-state index contributed by atoms with van der Waals surface area (Å²) in [6, 6.07) is 5.56. The summed E-state index contributed by atoms with van der Waals surface area (Å²) in [5.74, 6) is 0.532. The zero-order valence-electron chi connectivity index (χ0n) is 12.2. The predicted octanol–water partition coefficient (Wildman–Crippen LogP) is 2.34. The van der Waals surface area contributed by atoms with Crippen LogP contribution in [0.15, 0.2) is 18.2 Å². The number of aryl methyl sites for hydroxylation is 1. The van der Waals surface area contributed by atoms with Gasteiger partial charge in [-0.15, -0.1) is 0 Å². The van der Waals surface area contributed by atoms with Crippen molar-refractivity contribution in [2.45, 2.75) is 52.9 Å². The third kappa shape index (κ3) is 4.56. The van der Waals surface area contributed by atoms with Crippen LogP contribution in [0.1, 0.15) is 44.9 Å². The monoisotopic (exact) mass is 265 g/mol. The molecule has 2 N–H and O–H groups in total. The molecule has 1 amide bonds. The number of hydrogen-bond donors (Lipinski definition) is 2. The maximum absolute atomic E-state index is 11.8. The first-order valence-electron chi connectivity index (χ1n) is 6.57. The molecule has 4 nitrogen and oxygen atoms in total. The lowest BCUT2D eigenvalue weighted by atomic mass is 10.1. The molecule has 1 unspecified atom stereocenters. The van der Waals surface area contributed by atoms with Gasteiger partial charge in [-0.1, -0.05) is 6.07 Å². The van der Waals surface area contributed by atoms with Crippen LogP contribution < -0.4 is 10.1 Å². The Kier molecular flexibility index (Phi) is 5.36. The average Bonchev–Trinajstić information content (AvgIpc) is 2.30. The van der Waals surface area contributed by atoms with Gasteiger partial charge < -0.3 is 15.2 Å².